The van der Waals surface area contributed by atoms with Gasteiger partial charge in [0.15, 0.2) is 5.69 Å². The first-order chi connectivity index (χ1) is 11.4. The summed E-state index contributed by atoms with van der Waals surface area (Å²) in [7, 11) is 0. The van der Waals surface area contributed by atoms with Crippen LogP contribution in [0.25, 0.3) is 5.69 Å². The Hall–Kier alpha value is -2.06. The van der Waals surface area contributed by atoms with E-state index in [9.17, 15) is 18.0 Å². The van der Waals surface area contributed by atoms with Crippen LogP contribution in [0.4, 0.5) is 13.2 Å². The average molecular weight is 377 g/mol. The van der Waals surface area contributed by atoms with Crippen LogP contribution in [-0.4, -0.2) is 35.3 Å². The number of nitrogens with one attached hydrogen (secondary N) is 2. The summed E-state index contributed by atoms with van der Waals surface area (Å²) in [5.41, 5.74) is -1.32. The van der Waals surface area contributed by atoms with Crippen molar-refractivity contribution in [1.82, 2.24) is 20.4 Å². The standard InChI is InChI=1S/C16H19F3N4O.ClH/c1-2-8-20-9-10-21-15(24)13-11-22-23(14(13)16(17,18)19)12-6-4-3-5-7-12;/h3-7,11,20H,2,8-10H2,1H3,(H,21,24);1H. The van der Waals surface area contributed by atoms with E-state index in [4.69, 9.17) is 0 Å². The number of aromatic nitrogens is 2. The number of halogens is 4. The van der Waals surface area contributed by atoms with Crippen LogP contribution in [0.1, 0.15) is 29.4 Å². The fourth-order valence-corrected chi connectivity index (χ4v) is 2.21. The first-order valence-electron chi connectivity index (χ1n) is 7.64. The Bertz CT molecular complexity index is 674. The molecule has 2 rings (SSSR count). The molecule has 1 heterocycles. The second-order valence-electron chi connectivity index (χ2n) is 5.16. The van der Waals surface area contributed by atoms with Crippen molar-refractivity contribution in [2.45, 2.75) is 19.5 Å². The van der Waals surface area contributed by atoms with Crippen molar-refractivity contribution < 1.29 is 18.0 Å². The van der Waals surface area contributed by atoms with E-state index in [2.05, 4.69) is 15.7 Å². The lowest BCUT2D eigenvalue weighted by molar-refractivity contribution is -0.143. The molecule has 0 bridgehead atoms. The highest BCUT2D eigenvalue weighted by atomic mass is 35.5. The number of benzene rings is 1. The zero-order valence-corrected chi connectivity index (χ0v) is 14.5. The summed E-state index contributed by atoms with van der Waals surface area (Å²) in [5.74, 6) is -0.789. The third-order valence-electron chi connectivity index (χ3n) is 3.30. The van der Waals surface area contributed by atoms with Crippen LogP contribution in [0.5, 0.6) is 0 Å². The summed E-state index contributed by atoms with van der Waals surface area (Å²) < 4.78 is 41.0. The van der Waals surface area contributed by atoms with Gasteiger partial charge >= 0.3 is 6.18 Å². The Kier molecular flexibility index (Phi) is 7.92. The summed E-state index contributed by atoms with van der Waals surface area (Å²) >= 11 is 0. The number of hydrogen-bond acceptors (Lipinski definition) is 3. The van der Waals surface area contributed by atoms with Gasteiger partial charge in [-0.2, -0.15) is 18.3 Å². The molecule has 5 nitrogen and oxygen atoms in total. The Labute approximate surface area is 150 Å². The Morgan fingerprint density at radius 3 is 2.44 bits per heavy atom. The number of alkyl halides is 3. The molecule has 1 amide bonds. The molecule has 9 heteroatoms. The van der Waals surface area contributed by atoms with Crippen LogP contribution in [-0.2, 0) is 6.18 Å². The van der Waals surface area contributed by atoms with E-state index >= 15 is 0 Å². The summed E-state index contributed by atoms with van der Waals surface area (Å²) in [6.07, 6.45) is -2.81. The highest BCUT2D eigenvalue weighted by Gasteiger charge is 2.40. The molecular weight excluding hydrogens is 357 g/mol. The normalized spacial score (nSPS) is 11.0. The first kappa shape index (κ1) is 21.0. The Morgan fingerprint density at radius 2 is 1.84 bits per heavy atom. The molecule has 2 aromatic rings. The molecule has 0 saturated heterocycles. The van der Waals surface area contributed by atoms with Gasteiger partial charge in [-0.3, -0.25) is 4.79 Å². The summed E-state index contributed by atoms with van der Waals surface area (Å²) in [5, 5.41) is 9.29. The maximum atomic E-state index is 13.4. The van der Waals surface area contributed by atoms with Crippen LogP contribution in [0.3, 0.4) is 0 Å². The molecule has 1 aromatic carbocycles. The highest BCUT2D eigenvalue weighted by molar-refractivity contribution is 5.95. The van der Waals surface area contributed by atoms with Crippen molar-refractivity contribution in [1.29, 1.82) is 0 Å². The first-order valence-corrected chi connectivity index (χ1v) is 7.64. The Balaban J connectivity index is 0.00000312. The number of amides is 1. The molecule has 0 radical (unpaired) electrons. The van der Waals surface area contributed by atoms with Gasteiger partial charge in [-0.05, 0) is 25.1 Å². The maximum Gasteiger partial charge on any atom is 0.434 e. The predicted octanol–water partition coefficient (Wildman–Crippen LogP) is 3.04. The third kappa shape index (κ3) is 5.47. The van der Waals surface area contributed by atoms with Crippen LogP contribution in [0.2, 0.25) is 0 Å². The molecule has 0 spiro atoms. The SMILES string of the molecule is CCCNCCNC(=O)c1cnn(-c2ccccc2)c1C(F)(F)F.Cl. The zero-order chi connectivity index (χ0) is 17.6. The average Bonchev–Trinajstić information content (AvgIpc) is 3.01. The number of carbonyl (C=O) groups excluding carboxylic acids is 1. The number of nitrogens with zero attached hydrogens (tertiary/aromatic N) is 2. The molecule has 0 atom stereocenters. The zero-order valence-electron chi connectivity index (χ0n) is 13.6. The molecular formula is C16H20ClF3N4O. The van der Waals surface area contributed by atoms with Crippen LogP contribution >= 0.6 is 12.4 Å². The van der Waals surface area contributed by atoms with Crippen LogP contribution in [0, 0.1) is 0 Å². The predicted molar refractivity (Wildman–Crippen MR) is 91.3 cm³/mol. The third-order valence-corrected chi connectivity index (χ3v) is 3.30. The lowest BCUT2D eigenvalue weighted by Gasteiger charge is -2.13. The van der Waals surface area contributed by atoms with Crippen molar-refractivity contribution in [2.24, 2.45) is 0 Å². The molecule has 0 aliphatic heterocycles. The largest absolute Gasteiger partial charge is 0.434 e. The van der Waals surface area contributed by atoms with E-state index in [1.807, 2.05) is 6.92 Å². The lowest BCUT2D eigenvalue weighted by atomic mass is 10.2. The topological polar surface area (TPSA) is 58.9 Å². The minimum Gasteiger partial charge on any atom is -0.351 e. The second kappa shape index (κ2) is 9.43. The van der Waals surface area contributed by atoms with Gasteiger partial charge in [0.05, 0.1) is 17.4 Å². The van der Waals surface area contributed by atoms with E-state index in [1.54, 1.807) is 18.2 Å². The Morgan fingerprint density at radius 1 is 1.16 bits per heavy atom. The van der Waals surface area contributed by atoms with Gasteiger partial charge in [-0.15, -0.1) is 12.4 Å². The quantitative estimate of drug-likeness (QED) is 0.730. The van der Waals surface area contributed by atoms with Gasteiger partial charge in [0, 0.05) is 13.1 Å². The fraction of sp³-hybridized carbons (Fsp3) is 0.375. The molecule has 0 saturated carbocycles. The van der Waals surface area contributed by atoms with Gasteiger partial charge in [0.2, 0.25) is 0 Å². The van der Waals surface area contributed by atoms with Gasteiger partial charge in [0.25, 0.3) is 5.91 Å². The second-order valence-corrected chi connectivity index (χ2v) is 5.16. The summed E-state index contributed by atoms with van der Waals surface area (Å²) in [6.45, 7) is 3.52. The van der Waals surface area contributed by atoms with Crippen molar-refractivity contribution in [3.05, 3.63) is 47.8 Å². The van der Waals surface area contributed by atoms with E-state index in [-0.39, 0.29) is 24.6 Å². The lowest BCUT2D eigenvalue weighted by Crippen LogP contribution is -2.33. The van der Waals surface area contributed by atoms with Gasteiger partial charge < -0.3 is 10.6 Å². The van der Waals surface area contributed by atoms with E-state index in [0.29, 0.717) is 6.54 Å². The number of hydrogen-bond donors (Lipinski definition) is 2. The van der Waals surface area contributed by atoms with E-state index in [0.717, 1.165) is 23.8 Å². The number of carbonyl (C=O) groups is 1. The molecule has 0 fully saturated rings. The van der Waals surface area contributed by atoms with Crippen molar-refractivity contribution >= 4 is 18.3 Å². The van der Waals surface area contributed by atoms with E-state index < -0.39 is 23.3 Å². The minimum atomic E-state index is -4.69. The number of rotatable bonds is 7. The van der Waals surface area contributed by atoms with Crippen LogP contribution in [0.15, 0.2) is 36.5 Å². The maximum absolute atomic E-state index is 13.4. The van der Waals surface area contributed by atoms with Crippen molar-refractivity contribution in [3.8, 4) is 5.69 Å². The summed E-state index contributed by atoms with van der Waals surface area (Å²) in [4.78, 5) is 12.1. The smallest absolute Gasteiger partial charge is 0.351 e. The minimum absolute atomic E-state index is 0. The molecule has 1 aromatic heterocycles. The van der Waals surface area contributed by atoms with Gasteiger partial charge in [-0.1, -0.05) is 25.1 Å². The molecule has 0 unspecified atom stereocenters. The van der Waals surface area contributed by atoms with E-state index in [1.165, 1.54) is 12.1 Å². The van der Waals surface area contributed by atoms with Crippen molar-refractivity contribution in [3.63, 3.8) is 0 Å². The molecule has 0 aliphatic rings. The van der Waals surface area contributed by atoms with Crippen LogP contribution < -0.4 is 10.6 Å². The number of para-hydroxylation sites is 1. The molecule has 2 N–H and O–H groups in total. The molecule has 138 valence electrons. The molecule has 0 aliphatic carbocycles. The van der Waals surface area contributed by atoms with Crippen molar-refractivity contribution in [2.75, 3.05) is 19.6 Å². The van der Waals surface area contributed by atoms with Gasteiger partial charge in [0.1, 0.15) is 0 Å². The monoisotopic (exact) mass is 376 g/mol. The van der Waals surface area contributed by atoms with Gasteiger partial charge in [-0.25, -0.2) is 4.68 Å². The fourth-order valence-electron chi connectivity index (χ4n) is 2.21. The summed E-state index contributed by atoms with van der Waals surface area (Å²) in [6, 6.07) is 7.90. The highest BCUT2D eigenvalue weighted by Crippen LogP contribution is 2.33. The molecule has 25 heavy (non-hydrogen) atoms.